The SMILES string of the molecule is C=C(C)C(=O)O.C=C(C)C(=O)OC.C=C(Cl)Cl.C=CC(=O)OCC. The van der Waals surface area contributed by atoms with Gasteiger partial charge in [0.25, 0.3) is 0 Å². The minimum Gasteiger partial charge on any atom is -0.478 e. The van der Waals surface area contributed by atoms with Crippen molar-refractivity contribution in [3.05, 3.63) is 48.0 Å². The predicted octanol–water partition coefficient (Wildman–Crippen LogP) is 4.05. The number of hydrogen-bond donors (Lipinski definition) is 1. The van der Waals surface area contributed by atoms with E-state index in [4.69, 9.17) is 28.3 Å². The van der Waals surface area contributed by atoms with Crippen LogP contribution in [0.4, 0.5) is 0 Å². The highest BCUT2D eigenvalue weighted by molar-refractivity contribution is 6.55. The largest absolute Gasteiger partial charge is 0.478 e. The van der Waals surface area contributed by atoms with Crippen molar-refractivity contribution in [3.8, 4) is 0 Å². The second-order valence-corrected chi connectivity index (χ2v) is 4.76. The van der Waals surface area contributed by atoms with Gasteiger partial charge in [-0.1, -0.05) is 49.5 Å². The van der Waals surface area contributed by atoms with Crippen LogP contribution in [0.5, 0.6) is 0 Å². The first-order chi connectivity index (χ1) is 10.9. The van der Waals surface area contributed by atoms with Gasteiger partial charge in [-0.2, -0.15) is 0 Å². The Morgan fingerprint density at radius 3 is 1.46 bits per heavy atom. The molecule has 0 aromatic carbocycles. The van der Waals surface area contributed by atoms with Crippen molar-refractivity contribution < 1.29 is 29.0 Å². The van der Waals surface area contributed by atoms with Crippen molar-refractivity contribution in [2.75, 3.05) is 13.7 Å². The van der Waals surface area contributed by atoms with Gasteiger partial charge in [0.05, 0.1) is 18.2 Å². The topological polar surface area (TPSA) is 89.9 Å². The van der Waals surface area contributed by atoms with Gasteiger partial charge in [-0.05, 0) is 20.8 Å². The molecule has 0 aromatic rings. The quantitative estimate of drug-likeness (QED) is 0.582. The van der Waals surface area contributed by atoms with E-state index in [-0.39, 0.29) is 22.0 Å². The van der Waals surface area contributed by atoms with Crippen molar-refractivity contribution in [2.24, 2.45) is 0 Å². The predicted molar refractivity (Wildman–Crippen MR) is 97.0 cm³/mol. The van der Waals surface area contributed by atoms with E-state index in [0.29, 0.717) is 12.2 Å². The van der Waals surface area contributed by atoms with Crippen molar-refractivity contribution in [1.29, 1.82) is 0 Å². The molecule has 0 aliphatic rings. The minimum atomic E-state index is -0.935. The van der Waals surface area contributed by atoms with Gasteiger partial charge < -0.3 is 14.6 Å². The number of hydrogen-bond acceptors (Lipinski definition) is 5. The summed E-state index contributed by atoms with van der Waals surface area (Å²) in [5, 5.41) is 7.89. The molecule has 0 fully saturated rings. The zero-order valence-corrected chi connectivity index (χ0v) is 15.9. The van der Waals surface area contributed by atoms with Crippen molar-refractivity contribution in [3.63, 3.8) is 0 Å². The molecule has 0 saturated heterocycles. The third-order valence-electron chi connectivity index (χ3n) is 1.35. The molecule has 138 valence electrons. The molecule has 8 heteroatoms. The number of carbonyl (C=O) groups is 3. The summed E-state index contributed by atoms with van der Waals surface area (Å²) in [4.78, 5) is 29.9. The lowest BCUT2D eigenvalue weighted by Gasteiger charge is -1.91. The Hall–Kier alpha value is -2.05. The van der Waals surface area contributed by atoms with E-state index in [0.717, 1.165) is 6.08 Å². The van der Waals surface area contributed by atoms with E-state index >= 15 is 0 Å². The van der Waals surface area contributed by atoms with Gasteiger partial charge in [0, 0.05) is 17.2 Å². The van der Waals surface area contributed by atoms with Crippen LogP contribution in [-0.2, 0) is 23.9 Å². The van der Waals surface area contributed by atoms with Crippen molar-refractivity contribution in [2.45, 2.75) is 20.8 Å². The lowest BCUT2D eigenvalue weighted by molar-refractivity contribution is -0.137. The number of esters is 2. The highest BCUT2D eigenvalue weighted by atomic mass is 35.5. The summed E-state index contributed by atoms with van der Waals surface area (Å²) >= 11 is 9.69. The first kappa shape index (κ1) is 29.9. The van der Waals surface area contributed by atoms with Gasteiger partial charge in [0.1, 0.15) is 0 Å². The molecule has 0 aromatic heterocycles. The van der Waals surface area contributed by atoms with E-state index in [1.165, 1.54) is 14.0 Å². The summed E-state index contributed by atoms with van der Waals surface area (Å²) in [6.45, 7) is 18.0. The average molecular weight is 383 g/mol. The van der Waals surface area contributed by atoms with Crippen molar-refractivity contribution in [1.82, 2.24) is 0 Å². The smallest absolute Gasteiger partial charge is 0.332 e. The molecule has 0 aliphatic carbocycles. The lowest BCUT2D eigenvalue weighted by Crippen LogP contribution is -1.98. The average Bonchev–Trinajstić information content (AvgIpc) is 2.47. The first-order valence-electron chi connectivity index (χ1n) is 6.28. The molecule has 1 N–H and O–H groups in total. The van der Waals surface area contributed by atoms with Crippen LogP contribution < -0.4 is 0 Å². The number of halogens is 2. The van der Waals surface area contributed by atoms with Crippen LogP contribution in [0, 0.1) is 0 Å². The molecule has 0 bridgehead atoms. The van der Waals surface area contributed by atoms with E-state index in [9.17, 15) is 14.4 Å². The number of carbonyl (C=O) groups excluding carboxylic acids is 2. The molecule has 0 aliphatic heterocycles. The summed E-state index contributed by atoms with van der Waals surface area (Å²) in [5.41, 5.74) is 0.609. The van der Waals surface area contributed by atoms with E-state index < -0.39 is 5.97 Å². The number of ether oxygens (including phenoxy) is 2. The minimum absolute atomic E-state index is 0.111. The number of methoxy groups -OCH3 is 1. The standard InChI is InChI=1S/2C5H8O2.C4H6O2.C2H2Cl2/c1-4(2)5(6)7-3;1-3-5(6)7-4-2;1-3(2)4(5)6;1-2(3)4/h1H2,2-3H3;3H,1,4H2,2H3;1H2,2H3,(H,5,6);1H2. The monoisotopic (exact) mass is 382 g/mol. The van der Waals surface area contributed by atoms with Crippen LogP contribution in [0.3, 0.4) is 0 Å². The summed E-state index contributed by atoms with van der Waals surface area (Å²) in [6, 6.07) is 0. The van der Waals surface area contributed by atoms with Crippen LogP contribution >= 0.6 is 23.2 Å². The van der Waals surface area contributed by atoms with Crippen LogP contribution in [0.2, 0.25) is 0 Å². The highest BCUT2D eigenvalue weighted by Crippen LogP contribution is 1.98. The molecule has 0 rings (SSSR count). The van der Waals surface area contributed by atoms with Crippen LogP contribution in [0.1, 0.15) is 20.8 Å². The molecular formula is C16H24Cl2O6. The maximum Gasteiger partial charge on any atom is 0.332 e. The molecule has 0 unspecified atom stereocenters. The molecule has 0 spiro atoms. The van der Waals surface area contributed by atoms with Gasteiger partial charge in [-0.3, -0.25) is 0 Å². The maximum absolute atomic E-state index is 10.2. The number of rotatable bonds is 4. The van der Waals surface area contributed by atoms with E-state index in [2.05, 4.69) is 35.8 Å². The second kappa shape index (κ2) is 20.9. The Labute approximate surface area is 153 Å². The fourth-order valence-corrected chi connectivity index (χ4v) is 0.375. The van der Waals surface area contributed by atoms with Crippen LogP contribution in [0.25, 0.3) is 0 Å². The Kier molecular flexibility index (Phi) is 26.1. The zero-order valence-electron chi connectivity index (χ0n) is 14.4. The Bertz CT molecular complexity index is 437. The summed E-state index contributed by atoms with van der Waals surface area (Å²) in [7, 11) is 1.33. The summed E-state index contributed by atoms with van der Waals surface area (Å²) in [5.74, 6) is -1.64. The van der Waals surface area contributed by atoms with Gasteiger partial charge in [0.2, 0.25) is 0 Å². The Morgan fingerprint density at radius 2 is 1.42 bits per heavy atom. The first-order valence-corrected chi connectivity index (χ1v) is 7.04. The molecule has 0 heterocycles. The fraction of sp³-hybridized carbons (Fsp3) is 0.312. The molecule has 0 atom stereocenters. The van der Waals surface area contributed by atoms with Crippen LogP contribution in [-0.4, -0.2) is 36.7 Å². The Morgan fingerprint density at radius 1 is 1.08 bits per heavy atom. The summed E-state index contributed by atoms with van der Waals surface area (Å²) < 4.78 is 8.82. The maximum atomic E-state index is 10.2. The van der Waals surface area contributed by atoms with Crippen LogP contribution in [0.15, 0.2) is 48.0 Å². The van der Waals surface area contributed by atoms with Gasteiger partial charge in [-0.15, -0.1) is 0 Å². The molecule has 24 heavy (non-hydrogen) atoms. The molecule has 0 amide bonds. The Balaban J connectivity index is -0.000000113. The summed E-state index contributed by atoms with van der Waals surface area (Å²) in [6.07, 6.45) is 1.14. The van der Waals surface area contributed by atoms with E-state index in [1.807, 2.05) is 0 Å². The normalized spacial score (nSPS) is 7.42. The lowest BCUT2D eigenvalue weighted by atomic mass is 10.4. The molecule has 0 saturated carbocycles. The third kappa shape index (κ3) is 42.7. The molecular weight excluding hydrogens is 359 g/mol. The number of carboxylic acids is 1. The third-order valence-corrected chi connectivity index (χ3v) is 1.35. The number of aliphatic carboxylic acids is 1. The van der Waals surface area contributed by atoms with E-state index in [1.54, 1.807) is 13.8 Å². The fourth-order valence-electron chi connectivity index (χ4n) is 0.375. The van der Waals surface area contributed by atoms with Gasteiger partial charge in [-0.25, -0.2) is 14.4 Å². The van der Waals surface area contributed by atoms with Gasteiger partial charge in [0.15, 0.2) is 0 Å². The molecule has 0 radical (unpaired) electrons. The number of carboxylic acid groups (broad SMARTS) is 1. The highest BCUT2D eigenvalue weighted by Gasteiger charge is 1.95. The second-order valence-electron chi connectivity index (χ2n) is 3.65. The molecule has 6 nitrogen and oxygen atoms in total. The van der Waals surface area contributed by atoms with Gasteiger partial charge >= 0.3 is 17.9 Å². The van der Waals surface area contributed by atoms with Crippen molar-refractivity contribution >= 4 is 41.1 Å². The zero-order chi connectivity index (χ0) is 20.3.